The van der Waals surface area contributed by atoms with Crippen LogP contribution in [-0.4, -0.2) is 68.4 Å². The molecule has 8 heteroatoms. The van der Waals surface area contributed by atoms with Gasteiger partial charge in [-0.1, -0.05) is 0 Å². The predicted octanol–water partition coefficient (Wildman–Crippen LogP) is 0.792. The number of rotatable bonds is 4. The lowest BCUT2D eigenvalue weighted by Crippen LogP contribution is -2.55. The number of nitrogens with one attached hydrogen (secondary N) is 1. The largest absolute Gasteiger partial charge is 0.386 e. The SMILES string of the molecule is CN(C[C@@]1(O)CCCN(c2ncccn2)C1)C(=O)c1n[nH]c2c1CCC2. The number of hydrogen-bond donors (Lipinski definition) is 2. The molecule has 2 aliphatic rings. The van der Waals surface area contributed by atoms with Gasteiger partial charge < -0.3 is 14.9 Å². The van der Waals surface area contributed by atoms with Gasteiger partial charge in [0.1, 0.15) is 0 Å². The van der Waals surface area contributed by atoms with E-state index in [2.05, 4.69) is 20.2 Å². The summed E-state index contributed by atoms with van der Waals surface area (Å²) in [6.45, 7) is 1.47. The molecule has 0 aromatic carbocycles. The first-order valence-electron chi connectivity index (χ1n) is 9.12. The number of hydrogen-bond acceptors (Lipinski definition) is 6. The second-order valence-corrected chi connectivity index (χ2v) is 7.34. The van der Waals surface area contributed by atoms with E-state index >= 15 is 0 Å². The lowest BCUT2D eigenvalue weighted by Gasteiger charge is -2.41. The van der Waals surface area contributed by atoms with E-state index in [4.69, 9.17) is 0 Å². The molecule has 0 bridgehead atoms. The van der Waals surface area contributed by atoms with Crippen LogP contribution in [0.1, 0.15) is 41.0 Å². The molecule has 2 aromatic rings. The second-order valence-electron chi connectivity index (χ2n) is 7.34. The van der Waals surface area contributed by atoms with Gasteiger partial charge in [-0.15, -0.1) is 0 Å². The van der Waals surface area contributed by atoms with Crippen molar-refractivity contribution >= 4 is 11.9 Å². The number of fused-ring (bicyclic) bond motifs is 1. The molecule has 26 heavy (non-hydrogen) atoms. The first kappa shape index (κ1) is 17.0. The van der Waals surface area contributed by atoms with Gasteiger partial charge in [0.15, 0.2) is 5.69 Å². The topological polar surface area (TPSA) is 98.2 Å². The highest BCUT2D eigenvalue weighted by molar-refractivity contribution is 5.94. The van der Waals surface area contributed by atoms with Gasteiger partial charge in [-0.25, -0.2) is 9.97 Å². The number of anilines is 1. The Kier molecular flexibility index (Phi) is 4.36. The number of carbonyl (C=O) groups excluding carboxylic acids is 1. The zero-order valence-electron chi connectivity index (χ0n) is 15.0. The average molecular weight is 356 g/mol. The summed E-state index contributed by atoms with van der Waals surface area (Å²) in [5.41, 5.74) is 1.63. The summed E-state index contributed by atoms with van der Waals surface area (Å²) in [7, 11) is 1.73. The number of amides is 1. The van der Waals surface area contributed by atoms with Crippen molar-refractivity contribution in [3.05, 3.63) is 35.4 Å². The maximum atomic E-state index is 12.8. The van der Waals surface area contributed by atoms with Crippen LogP contribution < -0.4 is 4.90 Å². The molecule has 1 aliphatic carbocycles. The fourth-order valence-electron chi connectivity index (χ4n) is 4.06. The highest BCUT2D eigenvalue weighted by atomic mass is 16.3. The van der Waals surface area contributed by atoms with Crippen LogP contribution in [0.5, 0.6) is 0 Å². The molecule has 138 valence electrons. The lowest BCUT2D eigenvalue weighted by molar-refractivity contribution is -0.000471. The summed E-state index contributed by atoms with van der Waals surface area (Å²) >= 11 is 0. The molecule has 2 aromatic heterocycles. The van der Waals surface area contributed by atoms with E-state index in [0.717, 1.165) is 43.5 Å². The van der Waals surface area contributed by atoms with Crippen molar-refractivity contribution in [3.8, 4) is 0 Å². The van der Waals surface area contributed by atoms with Gasteiger partial charge >= 0.3 is 0 Å². The third-order valence-corrected chi connectivity index (χ3v) is 5.28. The molecule has 0 radical (unpaired) electrons. The van der Waals surface area contributed by atoms with Gasteiger partial charge in [0.2, 0.25) is 5.95 Å². The minimum absolute atomic E-state index is 0.133. The quantitative estimate of drug-likeness (QED) is 0.841. The predicted molar refractivity (Wildman–Crippen MR) is 96.0 cm³/mol. The van der Waals surface area contributed by atoms with Crippen molar-refractivity contribution in [1.29, 1.82) is 0 Å². The summed E-state index contributed by atoms with van der Waals surface area (Å²) in [6, 6.07) is 1.77. The third-order valence-electron chi connectivity index (χ3n) is 5.28. The Hall–Kier alpha value is -2.48. The summed E-state index contributed by atoms with van der Waals surface area (Å²) in [5.74, 6) is 0.482. The molecule has 0 unspecified atom stereocenters. The summed E-state index contributed by atoms with van der Waals surface area (Å²) in [5, 5.41) is 18.3. The van der Waals surface area contributed by atoms with Crippen molar-refractivity contribution < 1.29 is 9.90 Å². The normalized spacial score (nSPS) is 22.3. The number of nitrogens with zero attached hydrogens (tertiary/aromatic N) is 5. The number of β-amino-alcohol motifs (C(OH)–C–C–N with tert-alkyl or cyclic N) is 1. The second kappa shape index (κ2) is 6.68. The monoisotopic (exact) mass is 356 g/mol. The van der Waals surface area contributed by atoms with Gasteiger partial charge in [0, 0.05) is 37.2 Å². The minimum atomic E-state index is -0.985. The van der Waals surface area contributed by atoms with E-state index in [9.17, 15) is 9.90 Å². The molecule has 1 saturated heterocycles. The molecule has 1 aliphatic heterocycles. The Labute approximate surface area is 152 Å². The fraction of sp³-hybridized carbons (Fsp3) is 0.556. The molecule has 1 amide bonds. The van der Waals surface area contributed by atoms with Gasteiger partial charge in [-0.3, -0.25) is 9.89 Å². The van der Waals surface area contributed by atoms with Crippen LogP contribution in [0.25, 0.3) is 0 Å². The van der Waals surface area contributed by atoms with E-state index in [1.165, 1.54) is 0 Å². The zero-order chi connectivity index (χ0) is 18.1. The molecule has 3 heterocycles. The van der Waals surface area contributed by atoms with Crippen molar-refractivity contribution in [3.63, 3.8) is 0 Å². The number of aliphatic hydroxyl groups is 1. The molecule has 1 fully saturated rings. The van der Waals surface area contributed by atoms with Crippen LogP contribution in [0.4, 0.5) is 5.95 Å². The van der Waals surface area contributed by atoms with Gasteiger partial charge in [-0.2, -0.15) is 5.10 Å². The van der Waals surface area contributed by atoms with Gasteiger partial charge in [-0.05, 0) is 38.2 Å². The summed E-state index contributed by atoms with van der Waals surface area (Å²) in [4.78, 5) is 24.9. The van der Waals surface area contributed by atoms with Crippen molar-refractivity contribution in [2.75, 3.05) is 31.6 Å². The van der Waals surface area contributed by atoms with E-state index < -0.39 is 5.60 Å². The standard InChI is InChI=1S/C18H24N6O2/c1-23(16(25)15-13-5-2-6-14(13)21-22-15)11-18(26)7-3-10-24(12-18)17-19-8-4-9-20-17/h4,8-9,26H,2-3,5-7,10-12H2,1H3,(H,21,22)/t18-/m0/s1. The minimum Gasteiger partial charge on any atom is -0.386 e. The number of aromatic amines is 1. The summed E-state index contributed by atoms with van der Waals surface area (Å²) in [6.07, 6.45) is 7.78. The molecular formula is C18H24N6O2. The molecule has 8 nitrogen and oxygen atoms in total. The van der Waals surface area contributed by atoms with Crippen LogP contribution in [0.2, 0.25) is 0 Å². The molecule has 0 spiro atoms. The molecular weight excluding hydrogens is 332 g/mol. The van der Waals surface area contributed by atoms with Crippen LogP contribution in [0.3, 0.4) is 0 Å². The number of piperidine rings is 1. The Morgan fingerprint density at radius 1 is 1.35 bits per heavy atom. The average Bonchev–Trinajstić information content (AvgIpc) is 3.25. The number of aromatic nitrogens is 4. The first-order chi connectivity index (χ1) is 12.6. The maximum Gasteiger partial charge on any atom is 0.274 e. The number of aryl methyl sites for hydroxylation is 1. The Morgan fingerprint density at radius 2 is 2.15 bits per heavy atom. The van der Waals surface area contributed by atoms with Gasteiger partial charge in [0.05, 0.1) is 18.7 Å². The van der Waals surface area contributed by atoms with Crippen molar-refractivity contribution in [2.24, 2.45) is 0 Å². The first-order valence-corrected chi connectivity index (χ1v) is 9.12. The molecule has 4 rings (SSSR count). The smallest absolute Gasteiger partial charge is 0.274 e. The highest BCUT2D eigenvalue weighted by Gasteiger charge is 2.37. The van der Waals surface area contributed by atoms with E-state index in [1.807, 2.05) is 4.90 Å². The zero-order valence-corrected chi connectivity index (χ0v) is 15.0. The Morgan fingerprint density at radius 3 is 2.96 bits per heavy atom. The van der Waals surface area contributed by atoms with E-state index in [0.29, 0.717) is 24.6 Å². The number of H-pyrrole nitrogens is 1. The highest BCUT2D eigenvalue weighted by Crippen LogP contribution is 2.27. The lowest BCUT2D eigenvalue weighted by atomic mass is 9.92. The van der Waals surface area contributed by atoms with Gasteiger partial charge in [0.25, 0.3) is 5.91 Å². The van der Waals surface area contributed by atoms with E-state index in [-0.39, 0.29) is 12.5 Å². The van der Waals surface area contributed by atoms with Crippen molar-refractivity contribution in [1.82, 2.24) is 25.1 Å². The van der Waals surface area contributed by atoms with Crippen LogP contribution >= 0.6 is 0 Å². The van der Waals surface area contributed by atoms with Crippen LogP contribution in [0, 0.1) is 0 Å². The van der Waals surface area contributed by atoms with E-state index in [1.54, 1.807) is 30.4 Å². The molecule has 2 N–H and O–H groups in total. The Balaban J connectivity index is 1.45. The van der Waals surface area contributed by atoms with Crippen LogP contribution in [0.15, 0.2) is 18.5 Å². The third kappa shape index (κ3) is 3.16. The maximum absolute atomic E-state index is 12.8. The Bertz CT molecular complexity index is 792. The molecule has 1 atom stereocenters. The van der Waals surface area contributed by atoms with Crippen LogP contribution in [-0.2, 0) is 12.8 Å². The van der Waals surface area contributed by atoms with Crippen molar-refractivity contribution in [2.45, 2.75) is 37.7 Å². The molecule has 0 saturated carbocycles. The number of carbonyl (C=O) groups is 1. The summed E-state index contributed by atoms with van der Waals surface area (Å²) < 4.78 is 0. The fourth-order valence-corrected chi connectivity index (χ4v) is 4.06. The number of likely N-dealkylation sites (N-methyl/N-ethyl adjacent to an activating group) is 1.